The number of ether oxygens (including phenoxy) is 2. The van der Waals surface area contributed by atoms with Crippen LogP contribution in [0.4, 0.5) is 0 Å². The molecule has 1 N–H and O–H groups in total. The molecule has 1 aromatic heterocycles. The zero-order valence-corrected chi connectivity index (χ0v) is 11.3. The third-order valence-corrected chi connectivity index (χ3v) is 2.46. The number of nitrogens with zero attached hydrogens (tertiary/aromatic N) is 2. The molecule has 108 valence electrons. The Hall–Kier alpha value is -1.47. The molecule has 0 radical (unpaired) electrons. The fraction of sp³-hybridized carbons (Fsp3) is 0.750. The molecule has 1 unspecified atom stereocenters. The van der Waals surface area contributed by atoms with Crippen LogP contribution in [0.2, 0.25) is 0 Å². The zero-order valence-electron chi connectivity index (χ0n) is 11.3. The SMILES string of the molecule is COCCOCCc1noc(CC(C)CC(=O)O)n1. The van der Waals surface area contributed by atoms with Crippen molar-refractivity contribution in [1.29, 1.82) is 0 Å². The molecule has 0 saturated heterocycles. The first-order valence-corrected chi connectivity index (χ1v) is 6.21. The standard InChI is InChI=1S/C12H20N2O5/c1-9(8-12(15)16)7-11-13-10(14-19-11)3-4-18-6-5-17-2/h9H,3-8H2,1-2H3,(H,15,16). The van der Waals surface area contributed by atoms with Crippen LogP contribution in [-0.2, 0) is 27.1 Å². The van der Waals surface area contributed by atoms with Crippen molar-refractivity contribution in [2.45, 2.75) is 26.2 Å². The highest BCUT2D eigenvalue weighted by molar-refractivity contribution is 5.66. The van der Waals surface area contributed by atoms with Crippen molar-refractivity contribution in [3.05, 3.63) is 11.7 Å². The average Bonchev–Trinajstić information content (AvgIpc) is 2.75. The van der Waals surface area contributed by atoms with Crippen molar-refractivity contribution in [2.24, 2.45) is 5.92 Å². The van der Waals surface area contributed by atoms with Crippen molar-refractivity contribution in [3.63, 3.8) is 0 Å². The predicted octanol–water partition coefficient (Wildman–Crippen LogP) is 0.928. The topological polar surface area (TPSA) is 94.7 Å². The first kappa shape index (κ1) is 15.6. The Morgan fingerprint density at radius 2 is 2.21 bits per heavy atom. The molecule has 1 atom stereocenters. The van der Waals surface area contributed by atoms with Gasteiger partial charge in [0.25, 0.3) is 0 Å². The van der Waals surface area contributed by atoms with E-state index in [0.717, 1.165) is 0 Å². The number of hydrogen-bond acceptors (Lipinski definition) is 6. The first-order valence-electron chi connectivity index (χ1n) is 6.21. The largest absolute Gasteiger partial charge is 0.481 e. The van der Waals surface area contributed by atoms with Gasteiger partial charge in [-0.15, -0.1) is 0 Å². The highest BCUT2D eigenvalue weighted by Crippen LogP contribution is 2.10. The van der Waals surface area contributed by atoms with Gasteiger partial charge in [-0.1, -0.05) is 12.1 Å². The monoisotopic (exact) mass is 272 g/mol. The van der Waals surface area contributed by atoms with E-state index in [1.807, 2.05) is 6.92 Å². The minimum Gasteiger partial charge on any atom is -0.481 e. The van der Waals surface area contributed by atoms with Crippen molar-refractivity contribution in [2.75, 3.05) is 26.9 Å². The van der Waals surface area contributed by atoms with Gasteiger partial charge >= 0.3 is 5.97 Å². The van der Waals surface area contributed by atoms with E-state index in [1.165, 1.54) is 0 Å². The Labute approximate surface area is 111 Å². The first-order chi connectivity index (χ1) is 9.11. The van der Waals surface area contributed by atoms with Gasteiger partial charge in [0.1, 0.15) is 0 Å². The molecule has 7 heteroatoms. The summed E-state index contributed by atoms with van der Waals surface area (Å²) in [6, 6.07) is 0. The van der Waals surface area contributed by atoms with Gasteiger partial charge in [-0.3, -0.25) is 4.79 Å². The van der Waals surface area contributed by atoms with Crippen LogP contribution in [0, 0.1) is 5.92 Å². The maximum absolute atomic E-state index is 10.5. The van der Waals surface area contributed by atoms with Crippen LogP contribution in [-0.4, -0.2) is 48.1 Å². The molecular formula is C12H20N2O5. The molecule has 0 aliphatic heterocycles. The second-order valence-corrected chi connectivity index (χ2v) is 4.37. The van der Waals surface area contributed by atoms with Gasteiger partial charge in [0.05, 0.1) is 19.8 Å². The van der Waals surface area contributed by atoms with E-state index in [4.69, 9.17) is 19.1 Å². The molecule has 0 aliphatic rings. The molecule has 1 rings (SSSR count). The summed E-state index contributed by atoms with van der Waals surface area (Å²) in [5.74, 6) is 0.207. The Morgan fingerprint density at radius 1 is 1.42 bits per heavy atom. The van der Waals surface area contributed by atoms with E-state index in [1.54, 1.807) is 7.11 Å². The molecule has 0 saturated carbocycles. The summed E-state index contributed by atoms with van der Waals surface area (Å²) in [6.45, 7) is 3.44. The van der Waals surface area contributed by atoms with Crippen LogP contribution in [0.15, 0.2) is 4.52 Å². The Morgan fingerprint density at radius 3 is 2.89 bits per heavy atom. The number of carboxylic acid groups (broad SMARTS) is 1. The molecule has 7 nitrogen and oxygen atoms in total. The number of methoxy groups -OCH3 is 1. The van der Waals surface area contributed by atoms with E-state index in [2.05, 4.69) is 10.1 Å². The lowest BCUT2D eigenvalue weighted by Gasteiger charge is -2.03. The fourth-order valence-electron chi connectivity index (χ4n) is 1.55. The van der Waals surface area contributed by atoms with Crippen LogP contribution in [0.3, 0.4) is 0 Å². The molecule has 0 aliphatic carbocycles. The molecule has 0 spiro atoms. The predicted molar refractivity (Wildman–Crippen MR) is 65.8 cm³/mol. The summed E-state index contributed by atoms with van der Waals surface area (Å²) in [7, 11) is 1.62. The molecule has 0 aromatic carbocycles. The van der Waals surface area contributed by atoms with Gasteiger partial charge in [-0.2, -0.15) is 4.98 Å². The van der Waals surface area contributed by atoms with Crippen LogP contribution in [0.1, 0.15) is 25.1 Å². The second kappa shape index (κ2) is 8.60. The highest BCUT2D eigenvalue weighted by atomic mass is 16.5. The van der Waals surface area contributed by atoms with E-state index in [-0.39, 0.29) is 12.3 Å². The third-order valence-electron chi connectivity index (χ3n) is 2.46. The van der Waals surface area contributed by atoms with Crippen LogP contribution in [0.5, 0.6) is 0 Å². The number of aliphatic carboxylic acids is 1. The van der Waals surface area contributed by atoms with Crippen LogP contribution >= 0.6 is 0 Å². The van der Waals surface area contributed by atoms with Gasteiger partial charge in [0.15, 0.2) is 5.82 Å². The number of aromatic nitrogens is 2. The summed E-state index contributed by atoms with van der Waals surface area (Å²) in [6.07, 6.45) is 1.14. The Kier molecular flexibility index (Phi) is 7.06. The summed E-state index contributed by atoms with van der Waals surface area (Å²) in [5, 5.41) is 12.5. The summed E-state index contributed by atoms with van der Waals surface area (Å²) < 4.78 is 15.2. The van der Waals surface area contributed by atoms with Gasteiger partial charge in [0.2, 0.25) is 5.89 Å². The van der Waals surface area contributed by atoms with Crippen molar-refractivity contribution >= 4 is 5.97 Å². The maximum atomic E-state index is 10.5. The highest BCUT2D eigenvalue weighted by Gasteiger charge is 2.13. The number of carboxylic acids is 1. The van der Waals surface area contributed by atoms with E-state index in [0.29, 0.717) is 44.4 Å². The maximum Gasteiger partial charge on any atom is 0.303 e. The molecule has 19 heavy (non-hydrogen) atoms. The van der Waals surface area contributed by atoms with Gasteiger partial charge in [-0.05, 0) is 5.92 Å². The van der Waals surface area contributed by atoms with Crippen molar-refractivity contribution < 1.29 is 23.9 Å². The molecule has 0 fully saturated rings. The smallest absolute Gasteiger partial charge is 0.303 e. The van der Waals surface area contributed by atoms with Crippen molar-refractivity contribution in [3.8, 4) is 0 Å². The molecule has 0 amide bonds. The summed E-state index contributed by atoms with van der Waals surface area (Å²) >= 11 is 0. The zero-order chi connectivity index (χ0) is 14.1. The lowest BCUT2D eigenvalue weighted by Crippen LogP contribution is -2.07. The third kappa shape index (κ3) is 6.88. The quantitative estimate of drug-likeness (QED) is 0.633. The Balaban J connectivity index is 2.26. The van der Waals surface area contributed by atoms with Gasteiger partial charge in [-0.25, -0.2) is 0 Å². The van der Waals surface area contributed by atoms with E-state index < -0.39 is 5.97 Å². The molecular weight excluding hydrogens is 252 g/mol. The average molecular weight is 272 g/mol. The summed E-state index contributed by atoms with van der Waals surface area (Å²) in [4.78, 5) is 14.7. The number of carbonyl (C=O) groups is 1. The van der Waals surface area contributed by atoms with E-state index >= 15 is 0 Å². The molecule has 1 heterocycles. The second-order valence-electron chi connectivity index (χ2n) is 4.37. The minimum absolute atomic E-state index is 0.0243. The van der Waals surface area contributed by atoms with Crippen LogP contribution in [0.25, 0.3) is 0 Å². The van der Waals surface area contributed by atoms with Crippen molar-refractivity contribution in [1.82, 2.24) is 10.1 Å². The number of hydrogen-bond donors (Lipinski definition) is 1. The van der Waals surface area contributed by atoms with Gasteiger partial charge < -0.3 is 19.1 Å². The fourth-order valence-corrected chi connectivity index (χ4v) is 1.55. The lowest BCUT2D eigenvalue weighted by molar-refractivity contribution is -0.137. The lowest BCUT2D eigenvalue weighted by atomic mass is 10.0. The Bertz CT molecular complexity index is 380. The molecule has 1 aromatic rings. The summed E-state index contributed by atoms with van der Waals surface area (Å²) in [5.41, 5.74) is 0. The normalized spacial score (nSPS) is 12.5. The van der Waals surface area contributed by atoms with E-state index in [9.17, 15) is 4.79 Å². The minimum atomic E-state index is -0.821. The molecule has 0 bridgehead atoms. The number of rotatable bonds is 10. The van der Waals surface area contributed by atoms with Gasteiger partial charge in [0, 0.05) is 26.4 Å². The van der Waals surface area contributed by atoms with Crippen LogP contribution < -0.4 is 0 Å².